The fourth-order valence-corrected chi connectivity index (χ4v) is 3.60. The van der Waals surface area contributed by atoms with Gasteiger partial charge in [0.05, 0.1) is 16.8 Å². The number of thiazole rings is 1. The zero-order valence-corrected chi connectivity index (χ0v) is 15.7. The lowest BCUT2D eigenvalue weighted by molar-refractivity contribution is -0.148. The molecule has 1 aliphatic heterocycles. The molecule has 4 rings (SSSR count). The summed E-state index contributed by atoms with van der Waals surface area (Å²) in [5.74, 6) is 0.189. The minimum atomic E-state index is -0.605. The standard InChI is InChI=1S/C20H17NO6S/c22-15(13-5-6-16-17(9-13)26-8-7-25-16)10-27-20(23)12-24-11-19-21-14-3-1-2-4-18(14)28-19/h1-6,9H,7-8,10-12H2. The van der Waals surface area contributed by atoms with E-state index in [1.165, 1.54) is 11.3 Å². The van der Waals surface area contributed by atoms with Crippen LogP contribution in [0.2, 0.25) is 0 Å². The molecular formula is C20H17NO6S. The highest BCUT2D eigenvalue weighted by Crippen LogP contribution is 2.30. The molecule has 144 valence electrons. The Morgan fingerprint density at radius 1 is 1.04 bits per heavy atom. The molecule has 0 N–H and O–H groups in total. The molecule has 0 radical (unpaired) electrons. The zero-order valence-electron chi connectivity index (χ0n) is 14.9. The summed E-state index contributed by atoms with van der Waals surface area (Å²) in [4.78, 5) is 28.4. The molecule has 0 amide bonds. The number of ketones is 1. The number of nitrogens with zero attached hydrogens (tertiary/aromatic N) is 1. The summed E-state index contributed by atoms with van der Waals surface area (Å²) in [5.41, 5.74) is 1.30. The van der Waals surface area contributed by atoms with Crippen molar-refractivity contribution in [2.24, 2.45) is 0 Å². The zero-order chi connectivity index (χ0) is 19.3. The van der Waals surface area contributed by atoms with E-state index in [0.717, 1.165) is 15.2 Å². The summed E-state index contributed by atoms with van der Waals surface area (Å²) in [6.07, 6.45) is 0. The molecule has 0 fully saturated rings. The first kappa shape index (κ1) is 18.4. The van der Waals surface area contributed by atoms with Gasteiger partial charge in [-0.25, -0.2) is 9.78 Å². The molecule has 2 aromatic carbocycles. The van der Waals surface area contributed by atoms with Crippen molar-refractivity contribution in [3.63, 3.8) is 0 Å². The van der Waals surface area contributed by atoms with Crippen LogP contribution >= 0.6 is 11.3 Å². The topological polar surface area (TPSA) is 84.0 Å². The smallest absolute Gasteiger partial charge is 0.332 e. The Morgan fingerprint density at radius 2 is 1.86 bits per heavy atom. The first-order valence-electron chi connectivity index (χ1n) is 8.70. The Bertz CT molecular complexity index is 982. The van der Waals surface area contributed by atoms with Crippen LogP contribution < -0.4 is 9.47 Å². The molecule has 0 unspecified atom stereocenters. The van der Waals surface area contributed by atoms with Crippen LogP contribution in [0.1, 0.15) is 15.4 Å². The van der Waals surface area contributed by atoms with Crippen LogP contribution in [0.4, 0.5) is 0 Å². The van der Waals surface area contributed by atoms with Gasteiger partial charge in [-0.2, -0.15) is 0 Å². The minimum Gasteiger partial charge on any atom is -0.486 e. The third-order valence-electron chi connectivity index (χ3n) is 4.01. The van der Waals surface area contributed by atoms with Gasteiger partial charge in [-0.1, -0.05) is 12.1 Å². The molecular weight excluding hydrogens is 382 g/mol. The number of hydrogen-bond donors (Lipinski definition) is 0. The van der Waals surface area contributed by atoms with Gasteiger partial charge in [-0.3, -0.25) is 4.79 Å². The van der Waals surface area contributed by atoms with Crippen molar-refractivity contribution in [2.75, 3.05) is 26.4 Å². The second-order valence-corrected chi connectivity index (χ2v) is 7.13. The van der Waals surface area contributed by atoms with Gasteiger partial charge in [0.1, 0.15) is 24.8 Å². The Hall–Kier alpha value is -2.97. The number of fused-ring (bicyclic) bond motifs is 2. The van der Waals surface area contributed by atoms with E-state index < -0.39 is 5.97 Å². The van der Waals surface area contributed by atoms with Crippen molar-refractivity contribution < 1.29 is 28.5 Å². The van der Waals surface area contributed by atoms with Crippen molar-refractivity contribution in [1.29, 1.82) is 0 Å². The maximum absolute atomic E-state index is 12.2. The molecule has 0 spiro atoms. The summed E-state index contributed by atoms with van der Waals surface area (Å²) in [7, 11) is 0. The number of para-hydroxylation sites is 1. The van der Waals surface area contributed by atoms with Crippen LogP contribution in [0, 0.1) is 0 Å². The lowest BCUT2D eigenvalue weighted by atomic mass is 10.1. The fourth-order valence-electron chi connectivity index (χ4n) is 2.69. The number of benzene rings is 2. The quantitative estimate of drug-likeness (QED) is 0.446. The molecule has 0 saturated carbocycles. The van der Waals surface area contributed by atoms with Gasteiger partial charge >= 0.3 is 5.97 Å². The molecule has 0 aliphatic carbocycles. The molecule has 3 aromatic rings. The SMILES string of the molecule is O=C(COCc1nc2ccccc2s1)OCC(=O)c1ccc2c(c1)OCCO2. The van der Waals surface area contributed by atoms with Crippen LogP contribution in [0.25, 0.3) is 10.2 Å². The number of rotatable bonds is 7. The number of carbonyl (C=O) groups excluding carboxylic acids is 2. The molecule has 7 nitrogen and oxygen atoms in total. The number of ether oxygens (including phenoxy) is 4. The second kappa shape index (κ2) is 8.37. The maximum atomic E-state index is 12.2. The highest BCUT2D eigenvalue weighted by molar-refractivity contribution is 7.18. The van der Waals surface area contributed by atoms with Crippen molar-refractivity contribution in [3.05, 3.63) is 53.0 Å². The molecule has 1 aromatic heterocycles. The number of Topliss-reactive ketones (excluding diaryl/α,β-unsaturated/α-hetero) is 1. The first-order valence-corrected chi connectivity index (χ1v) is 9.51. The van der Waals surface area contributed by atoms with Crippen LogP contribution in [-0.2, 0) is 20.9 Å². The number of carbonyl (C=O) groups is 2. The predicted octanol–water partition coefficient (Wildman–Crippen LogP) is 3.01. The van der Waals surface area contributed by atoms with E-state index in [0.29, 0.717) is 30.3 Å². The molecule has 0 atom stereocenters. The van der Waals surface area contributed by atoms with Gasteiger partial charge in [0, 0.05) is 5.56 Å². The highest BCUT2D eigenvalue weighted by atomic mass is 32.1. The van der Waals surface area contributed by atoms with E-state index >= 15 is 0 Å². The molecule has 28 heavy (non-hydrogen) atoms. The summed E-state index contributed by atoms with van der Waals surface area (Å²) >= 11 is 1.51. The lowest BCUT2D eigenvalue weighted by Gasteiger charge is -2.18. The molecule has 8 heteroatoms. The third-order valence-corrected chi connectivity index (χ3v) is 5.02. The Morgan fingerprint density at radius 3 is 2.71 bits per heavy atom. The summed E-state index contributed by atoms with van der Waals surface area (Å²) in [6.45, 7) is 0.526. The fraction of sp³-hybridized carbons (Fsp3) is 0.250. The van der Waals surface area contributed by atoms with Crippen LogP contribution in [0.15, 0.2) is 42.5 Å². The highest BCUT2D eigenvalue weighted by Gasteiger charge is 2.16. The minimum absolute atomic E-state index is 0.213. The van der Waals surface area contributed by atoms with Crippen molar-refractivity contribution in [1.82, 2.24) is 4.98 Å². The average Bonchev–Trinajstić information content (AvgIpc) is 3.14. The van der Waals surface area contributed by atoms with E-state index in [1.54, 1.807) is 18.2 Å². The van der Waals surface area contributed by atoms with Gasteiger partial charge in [-0.15, -0.1) is 11.3 Å². The Kier molecular flexibility index (Phi) is 5.50. The van der Waals surface area contributed by atoms with Crippen LogP contribution in [0.3, 0.4) is 0 Å². The van der Waals surface area contributed by atoms with Crippen LogP contribution in [0.5, 0.6) is 11.5 Å². The summed E-state index contributed by atoms with van der Waals surface area (Å²) < 4.78 is 22.3. The number of aromatic nitrogens is 1. The van der Waals surface area contributed by atoms with Crippen molar-refractivity contribution in [2.45, 2.75) is 6.61 Å². The van der Waals surface area contributed by atoms with Crippen molar-refractivity contribution in [3.8, 4) is 11.5 Å². The largest absolute Gasteiger partial charge is 0.486 e. The second-order valence-electron chi connectivity index (χ2n) is 6.01. The van der Waals surface area contributed by atoms with E-state index in [1.807, 2.05) is 24.3 Å². The average molecular weight is 399 g/mol. The number of esters is 1. The first-order chi connectivity index (χ1) is 13.7. The predicted molar refractivity (Wildman–Crippen MR) is 102 cm³/mol. The Labute approximate surface area is 164 Å². The normalized spacial score (nSPS) is 12.7. The molecule has 2 heterocycles. The van der Waals surface area contributed by atoms with Gasteiger partial charge in [0.25, 0.3) is 0 Å². The van der Waals surface area contributed by atoms with Crippen LogP contribution in [-0.4, -0.2) is 43.2 Å². The lowest BCUT2D eigenvalue weighted by Crippen LogP contribution is -2.19. The summed E-state index contributed by atoms with van der Waals surface area (Å²) in [6, 6.07) is 12.7. The van der Waals surface area contributed by atoms with Gasteiger partial charge < -0.3 is 18.9 Å². The maximum Gasteiger partial charge on any atom is 0.332 e. The molecule has 1 aliphatic rings. The van der Waals surface area contributed by atoms with Crippen molar-refractivity contribution >= 4 is 33.3 Å². The molecule has 0 saturated heterocycles. The molecule has 0 bridgehead atoms. The van der Waals surface area contributed by atoms with E-state index in [4.69, 9.17) is 18.9 Å². The van der Waals surface area contributed by atoms with Gasteiger partial charge in [-0.05, 0) is 30.3 Å². The number of hydrogen-bond acceptors (Lipinski definition) is 8. The van der Waals surface area contributed by atoms with E-state index in [2.05, 4.69) is 4.98 Å². The Balaban J connectivity index is 1.23. The third kappa shape index (κ3) is 4.29. The van der Waals surface area contributed by atoms with E-state index in [-0.39, 0.29) is 25.6 Å². The summed E-state index contributed by atoms with van der Waals surface area (Å²) in [5, 5.41) is 0.779. The van der Waals surface area contributed by atoms with Gasteiger partial charge in [0.15, 0.2) is 23.9 Å². The van der Waals surface area contributed by atoms with Gasteiger partial charge in [0.2, 0.25) is 0 Å². The monoisotopic (exact) mass is 399 g/mol. The van der Waals surface area contributed by atoms with E-state index in [9.17, 15) is 9.59 Å².